The zero-order valence-corrected chi connectivity index (χ0v) is 13.6. The summed E-state index contributed by atoms with van der Waals surface area (Å²) in [6, 6.07) is 2.29. The number of hydrogen-bond acceptors (Lipinski definition) is 7. The first-order valence-corrected chi connectivity index (χ1v) is 7.79. The molecule has 0 saturated heterocycles. The van der Waals surface area contributed by atoms with Crippen LogP contribution in [0.2, 0.25) is 0 Å². The van der Waals surface area contributed by atoms with E-state index in [-0.39, 0.29) is 29.7 Å². The number of phenolic OH excluding ortho intramolecular Hbond substituents is 2. The Kier molecular flexibility index (Phi) is 5.95. The van der Waals surface area contributed by atoms with E-state index in [1.165, 1.54) is 24.3 Å². The van der Waals surface area contributed by atoms with Gasteiger partial charge in [0.25, 0.3) is 0 Å². The lowest BCUT2D eigenvalue weighted by Gasteiger charge is -2.16. The quantitative estimate of drug-likeness (QED) is 0.521. The van der Waals surface area contributed by atoms with Gasteiger partial charge < -0.3 is 25.2 Å². The standard InChI is InChI=1S/C18H20O7/c1-10-4-2-6-13(20)17(23)14(21)7-3-5-11-8-12(19)9-15(22)16(11)18(24)25-10/h2-3,5-6,8-10,14,17,19,21-23H,4,7H2,1H3/b5-3-,6-2-/t10-,14-,17+/m0/s1. The molecular weight excluding hydrogens is 328 g/mol. The van der Waals surface area contributed by atoms with E-state index in [0.29, 0.717) is 0 Å². The van der Waals surface area contributed by atoms with Crippen molar-refractivity contribution in [2.75, 3.05) is 0 Å². The molecule has 0 aliphatic carbocycles. The van der Waals surface area contributed by atoms with Gasteiger partial charge in [-0.1, -0.05) is 18.2 Å². The van der Waals surface area contributed by atoms with Crippen molar-refractivity contribution in [2.24, 2.45) is 0 Å². The van der Waals surface area contributed by atoms with Gasteiger partial charge in [-0.05, 0) is 31.1 Å². The largest absolute Gasteiger partial charge is 0.508 e. The molecule has 1 heterocycles. The lowest BCUT2D eigenvalue weighted by molar-refractivity contribution is -0.127. The van der Waals surface area contributed by atoms with Gasteiger partial charge in [0.05, 0.1) is 6.10 Å². The Morgan fingerprint density at radius 3 is 2.44 bits per heavy atom. The van der Waals surface area contributed by atoms with Crippen molar-refractivity contribution < 1.29 is 34.8 Å². The van der Waals surface area contributed by atoms with E-state index in [1.807, 2.05) is 0 Å². The molecule has 7 nitrogen and oxygen atoms in total. The Labute approximate surface area is 144 Å². The molecule has 3 atom stereocenters. The van der Waals surface area contributed by atoms with Gasteiger partial charge in [-0.25, -0.2) is 4.79 Å². The summed E-state index contributed by atoms with van der Waals surface area (Å²) in [6.07, 6.45) is 2.05. The molecule has 134 valence electrons. The highest BCUT2D eigenvalue weighted by atomic mass is 16.5. The van der Waals surface area contributed by atoms with Gasteiger partial charge in [0.1, 0.15) is 29.3 Å². The third kappa shape index (κ3) is 4.68. The number of carbonyl (C=O) groups is 2. The van der Waals surface area contributed by atoms with Crippen LogP contribution in [0.1, 0.15) is 35.7 Å². The lowest BCUT2D eigenvalue weighted by Crippen LogP contribution is -2.32. The van der Waals surface area contributed by atoms with Crippen LogP contribution in [-0.4, -0.2) is 50.5 Å². The number of aliphatic hydroxyl groups excluding tert-OH is 2. The van der Waals surface area contributed by atoms with E-state index in [0.717, 1.165) is 12.1 Å². The van der Waals surface area contributed by atoms with Gasteiger partial charge in [-0.3, -0.25) is 4.79 Å². The summed E-state index contributed by atoms with van der Waals surface area (Å²) in [7, 11) is 0. The summed E-state index contributed by atoms with van der Waals surface area (Å²) in [5, 5.41) is 39.3. The maximum absolute atomic E-state index is 12.3. The van der Waals surface area contributed by atoms with Crippen LogP contribution >= 0.6 is 0 Å². The molecule has 0 unspecified atom stereocenters. The number of carbonyl (C=O) groups excluding carboxylic acids is 2. The second-order valence-corrected chi connectivity index (χ2v) is 5.84. The first kappa shape index (κ1) is 18.7. The minimum atomic E-state index is -1.57. The molecule has 0 saturated carbocycles. The summed E-state index contributed by atoms with van der Waals surface area (Å²) >= 11 is 0. The van der Waals surface area contributed by atoms with Gasteiger partial charge in [0.15, 0.2) is 5.78 Å². The molecule has 4 N–H and O–H groups in total. The monoisotopic (exact) mass is 348 g/mol. The van der Waals surface area contributed by atoms with Crippen molar-refractivity contribution in [2.45, 2.75) is 38.1 Å². The maximum atomic E-state index is 12.3. The van der Waals surface area contributed by atoms with Crippen LogP contribution in [0.3, 0.4) is 0 Å². The van der Waals surface area contributed by atoms with E-state index >= 15 is 0 Å². The van der Waals surface area contributed by atoms with Crippen LogP contribution in [0.25, 0.3) is 6.08 Å². The summed E-state index contributed by atoms with van der Waals surface area (Å²) in [5.41, 5.74) is 0.0726. The van der Waals surface area contributed by atoms with Gasteiger partial charge in [0.2, 0.25) is 0 Å². The van der Waals surface area contributed by atoms with Crippen molar-refractivity contribution in [3.63, 3.8) is 0 Å². The molecule has 7 heteroatoms. The molecule has 1 aromatic rings. The highest BCUT2D eigenvalue weighted by Crippen LogP contribution is 2.29. The number of ether oxygens (including phenoxy) is 1. The van der Waals surface area contributed by atoms with Crippen LogP contribution in [0.5, 0.6) is 11.5 Å². The molecule has 0 bridgehead atoms. The molecule has 0 spiro atoms. The molecule has 25 heavy (non-hydrogen) atoms. The van der Waals surface area contributed by atoms with Crippen molar-refractivity contribution in [3.05, 3.63) is 41.5 Å². The highest BCUT2D eigenvalue weighted by molar-refractivity contribution is 5.97. The fourth-order valence-corrected chi connectivity index (χ4v) is 2.40. The number of benzene rings is 1. The number of hydrogen-bond donors (Lipinski definition) is 4. The number of cyclic esters (lactones) is 1. The number of ketones is 1. The van der Waals surface area contributed by atoms with Crippen LogP contribution < -0.4 is 0 Å². The summed E-state index contributed by atoms with van der Waals surface area (Å²) in [5.74, 6) is -2.11. The van der Waals surface area contributed by atoms with Crippen LogP contribution in [0.4, 0.5) is 0 Å². The topological polar surface area (TPSA) is 124 Å². The van der Waals surface area contributed by atoms with E-state index < -0.39 is 35.8 Å². The molecule has 0 aromatic heterocycles. The normalized spacial score (nSPS) is 27.7. The summed E-state index contributed by atoms with van der Waals surface area (Å²) < 4.78 is 5.24. The molecule has 1 aliphatic heterocycles. The van der Waals surface area contributed by atoms with Crippen molar-refractivity contribution in [1.29, 1.82) is 0 Å². The number of phenols is 2. The maximum Gasteiger partial charge on any atom is 0.342 e. The second kappa shape index (κ2) is 7.96. The first-order chi connectivity index (χ1) is 11.8. The average Bonchev–Trinajstić information content (AvgIpc) is 2.52. The highest BCUT2D eigenvalue weighted by Gasteiger charge is 2.23. The number of aromatic hydroxyl groups is 2. The molecule has 0 radical (unpaired) electrons. The van der Waals surface area contributed by atoms with E-state index in [9.17, 15) is 30.0 Å². The van der Waals surface area contributed by atoms with E-state index in [1.54, 1.807) is 6.92 Å². The minimum Gasteiger partial charge on any atom is -0.508 e. The fourth-order valence-electron chi connectivity index (χ4n) is 2.40. The Bertz CT molecular complexity index is 720. The summed E-state index contributed by atoms with van der Waals surface area (Å²) in [4.78, 5) is 24.1. The van der Waals surface area contributed by atoms with Gasteiger partial charge in [-0.2, -0.15) is 0 Å². The number of fused-ring (bicyclic) bond motifs is 1. The third-order valence-corrected chi connectivity index (χ3v) is 3.73. The van der Waals surface area contributed by atoms with Crippen LogP contribution in [0, 0.1) is 0 Å². The molecule has 0 fully saturated rings. The fraction of sp³-hybridized carbons (Fsp3) is 0.333. The van der Waals surface area contributed by atoms with Gasteiger partial charge in [0, 0.05) is 12.5 Å². The van der Waals surface area contributed by atoms with E-state index in [2.05, 4.69) is 0 Å². The SMILES string of the molecule is C[C@H]1C/C=C\C(=O)[C@@H](O)[C@@H](O)C/C=C\c2cc(O)cc(O)c2C(=O)O1. The van der Waals surface area contributed by atoms with E-state index in [4.69, 9.17) is 4.74 Å². The van der Waals surface area contributed by atoms with Gasteiger partial charge in [-0.15, -0.1) is 0 Å². The molecule has 1 aromatic carbocycles. The molecule has 1 aliphatic rings. The Balaban J connectivity index is 2.43. The van der Waals surface area contributed by atoms with Crippen molar-refractivity contribution in [3.8, 4) is 11.5 Å². The molecule has 2 rings (SSSR count). The van der Waals surface area contributed by atoms with Crippen LogP contribution in [-0.2, 0) is 9.53 Å². The first-order valence-electron chi connectivity index (χ1n) is 7.79. The van der Waals surface area contributed by atoms with Crippen molar-refractivity contribution in [1.82, 2.24) is 0 Å². The number of aliphatic hydroxyl groups is 2. The molecular formula is C18H20O7. The Morgan fingerprint density at radius 2 is 1.72 bits per heavy atom. The third-order valence-electron chi connectivity index (χ3n) is 3.73. The number of esters is 1. The predicted molar refractivity (Wildman–Crippen MR) is 89.1 cm³/mol. The zero-order valence-electron chi connectivity index (χ0n) is 13.6. The lowest BCUT2D eigenvalue weighted by atomic mass is 10.0. The zero-order chi connectivity index (χ0) is 18.6. The minimum absolute atomic E-state index is 0.0674. The van der Waals surface area contributed by atoms with Crippen LogP contribution in [0.15, 0.2) is 30.4 Å². The van der Waals surface area contributed by atoms with Gasteiger partial charge >= 0.3 is 5.97 Å². The average molecular weight is 348 g/mol. The summed E-state index contributed by atoms with van der Waals surface area (Å²) in [6.45, 7) is 1.61. The Morgan fingerprint density at radius 1 is 1.04 bits per heavy atom. The number of rotatable bonds is 0. The molecule has 0 amide bonds. The second-order valence-electron chi connectivity index (χ2n) is 5.84. The predicted octanol–water partition coefficient (Wildman–Crippen LogP) is 1.30. The smallest absolute Gasteiger partial charge is 0.342 e. The Hall–Kier alpha value is -2.64. The van der Waals surface area contributed by atoms with Crippen molar-refractivity contribution >= 4 is 17.8 Å².